The Kier molecular flexibility index (Phi) is 11.0. The minimum absolute atomic E-state index is 0. The Morgan fingerprint density at radius 3 is 2.48 bits per heavy atom. The van der Waals surface area contributed by atoms with Crippen LogP contribution in [-0.2, 0) is 6.54 Å². The molecule has 3 heterocycles. The summed E-state index contributed by atoms with van der Waals surface area (Å²) in [5.41, 5.74) is 1.04. The highest BCUT2D eigenvalue weighted by Gasteiger charge is 2.18. The van der Waals surface area contributed by atoms with E-state index >= 15 is 0 Å². The fourth-order valence-corrected chi connectivity index (χ4v) is 3.66. The lowest BCUT2D eigenvalue weighted by Gasteiger charge is -2.34. The van der Waals surface area contributed by atoms with Gasteiger partial charge in [0.2, 0.25) is 5.95 Å². The summed E-state index contributed by atoms with van der Waals surface area (Å²) < 4.78 is 5.47. The van der Waals surface area contributed by atoms with Gasteiger partial charge >= 0.3 is 0 Å². The van der Waals surface area contributed by atoms with Crippen LogP contribution in [0.25, 0.3) is 0 Å². The molecule has 10 heteroatoms. The first kappa shape index (κ1) is 25.3. The lowest BCUT2D eigenvalue weighted by molar-refractivity contribution is 0.260. The Morgan fingerprint density at radius 1 is 1.13 bits per heavy atom. The quantitative estimate of drug-likeness (QED) is 0.284. The Hall–Kier alpha value is -1.95. The Balaban J connectivity index is 0.00000341. The fourth-order valence-electron chi connectivity index (χ4n) is 3.66. The SMILES string of the molecule is CCC(CC)c1cc(CNC(=NC)NCCN2CCN(c3ncccn3)CC2)on1.I. The van der Waals surface area contributed by atoms with Crippen molar-refractivity contribution < 1.29 is 4.52 Å². The normalized spacial score (nSPS) is 15.1. The first-order chi connectivity index (χ1) is 14.7. The molecule has 0 aromatic carbocycles. The molecule has 1 aliphatic heterocycles. The topological polar surface area (TPSA) is 94.7 Å². The summed E-state index contributed by atoms with van der Waals surface area (Å²) in [5, 5.41) is 10.9. The van der Waals surface area contributed by atoms with Crippen LogP contribution < -0.4 is 15.5 Å². The molecule has 1 aliphatic rings. The minimum Gasteiger partial charge on any atom is -0.359 e. The van der Waals surface area contributed by atoms with Crippen LogP contribution in [0.2, 0.25) is 0 Å². The standard InChI is InChI=1S/C21H34N8O.HI/c1-4-17(5-2)19-15-18(30-27-19)16-26-20(22-3)23-9-10-28-11-13-29(14-12-28)21-24-7-6-8-25-21;/h6-8,15,17H,4-5,9-14,16H2,1-3H3,(H2,22,23,26);1H. The van der Waals surface area contributed by atoms with Crippen LogP contribution in [0.5, 0.6) is 0 Å². The Labute approximate surface area is 202 Å². The molecule has 0 atom stereocenters. The van der Waals surface area contributed by atoms with Crippen LogP contribution in [0.3, 0.4) is 0 Å². The van der Waals surface area contributed by atoms with Crippen LogP contribution in [0.1, 0.15) is 44.1 Å². The van der Waals surface area contributed by atoms with Gasteiger partial charge in [0.1, 0.15) is 0 Å². The summed E-state index contributed by atoms with van der Waals surface area (Å²) in [7, 11) is 1.78. The molecule has 2 N–H and O–H groups in total. The van der Waals surface area contributed by atoms with Gasteiger partial charge in [0.05, 0.1) is 12.2 Å². The second-order valence-electron chi connectivity index (χ2n) is 7.46. The summed E-state index contributed by atoms with van der Waals surface area (Å²) in [4.78, 5) is 17.7. The molecule has 0 amide bonds. The zero-order chi connectivity index (χ0) is 21.2. The van der Waals surface area contributed by atoms with Crippen molar-refractivity contribution in [1.29, 1.82) is 0 Å². The van der Waals surface area contributed by atoms with E-state index in [4.69, 9.17) is 4.52 Å². The maximum Gasteiger partial charge on any atom is 0.225 e. The fraction of sp³-hybridized carbons (Fsp3) is 0.619. The third kappa shape index (κ3) is 7.60. The number of nitrogens with zero attached hydrogens (tertiary/aromatic N) is 6. The maximum atomic E-state index is 5.47. The lowest BCUT2D eigenvalue weighted by atomic mass is 9.99. The van der Waals surface area contributed by atoms with E-state index < -0.39 is 0 Å². The van der Waals surface area contributed by atoms with Gasteiger partial charge in [-0.25, -0.2) is 9.97 Å². The number of hydrogen-bond donors (Lipinski definition) is 2. The van der Waals surface area contributed by atoms with E-state index in [0.29, 0.717) is 12.5 Å². The van der Waals surface area contributed by atoms with E-state index in [1.54, 1.807) is 19.4 Å². The van der Waals surface area contributed by atoms with Crippen molar-refractivity contribution in [3.05, 3.63) is 36.0 Å². The van der Waals surface area contributed by atoms with Gasteiger partial charge in [-0.05, 0) is 18.9 Å². The summed E-state index contributed by atoms with van der Waals surface area (Å²) in [5.74, 6) is 2.89. The molecule has 0 aliphatic carbocycles. The summed E-state index contributed by atoms with van der Waals surface area (Å²) in [6.07, 6.45) is 5.74. The molecule has 0 unspecified atom stereocenters. The number of halogens is 1. The van der Waals surface area contributed by atoms with Gasteiger partial charge in [0.25, 0.3) is 0 Å². The molecule has 0 radical (unpaired) electrons. The van der Waals surface area contributed by atoms with Gasteiger partial charge in [-0.1, -0.05) is 19.0 Å². The molecule has 0 saturated carbocycles. The zero-order valence-electron chi connectivity index (χ0n) is 18.8. The molecule has 31 heavy (non-hydrogen) atoms. The van der Waals surface area contributed by atoms with E-state index in [1.807, 2.05) is 12.1 Å². The number of aromatic nitrogens is 3. The smallest absolute Gasteiger partial charge is 0.225 e. The molecular weight excluding hydrogens is 507 g/mol. The summed E-state index contributed by atoms with van der Waals surface area (Å²) in [6.45, 7) is 10.6. The second-order valence-corrected chi connectivity index (χ2v) is 7.46. The van der Waals surface area contributed by atoms with Gasteiger partial charge in [0.15, 0.2) is 11.7 Å². The second kappa shape index (κ2) is 13.5. The van der Waals surface area contributed by atoms with Crippen molar-refractivity contribution in [2.24, 2.45) is 4.99 Å². The maximum absolute atomic E-state index is 5.47. The number of nitrogens with one attached hydrogen (secondary N) is 2. The highest BCUT2D eigenvalue weighted by atomic mass is 127. The van der Waals surface area contributed by atoms with Crippen LogP contribution in [0, 0.1) is 0 Å². The van der Waals surface area contributed by atoms with Gasteiger partial charge in [0, 0.05) is 70.7 Å². The number of hydrogen-bond acceptors (Lipinski definition) is 7. The molecular formula is C21H35IN8O. The van der Waals surface area contributed by atoms with Crippen molar-refractivity contribution in [3.8, 4) is 0 Å². The highest BCUT2D eigenvalue weighted by molar-refractivity contribution is 14.0. The van der Waals surface area contributed by atoms with Gasteiger partial charge in [-0.15, -0.1) is 24.0 Å². The molecule has 3 rings (SSSR count). The lowest BCUT2D eigenvalue weighted by Crippen LogP contribution is -2.49. The van der Waals surface area contributed by atoms with E-state index in [1.165, 1.54) is 0 Å². The molecule has 2 aromatic heterocycles. The average molecular weight is 542 g/mol. The van der Waals surface area contributed by atoms with Gasteiger partial charge in [-0.2, -0.15) is 0 Å². The first-order valence-electron chi connectivity index (χ1n) is 10.9. The molecule has 172 valence electrons. The predicted molar refractivity (Wildman–Crippen MR) is 134 cm³/mol. The van der Waals surface area contributed by atoms with Crippen molar-refractivity contribution in [3.63, 3.8) is 0 Å². The largest absolute Gasteiger partial charge is 0.359 e. The third-order valence-electron chi connectivity index (χ3n) is 5.56. The number of rotatable bonds is 9. The van der Waals surface area contributed by atoms with Gasteiger partial charge in [-0.3, -0.25) is 9.89 Å². The van der Waals surface area contributed by atoms with Crippen molar-refractivity contribution in [1.82, 2.24) is 30.7 Å². The minimum atomic E-state index is 0. The molecule has 0 spiro atoms. The number of piperazine rings is 1. The van der Waals surface area contributed by atoms with Crippen molar-refractivity contribution in [2.75, 3.05) is 51.2 Å². The molecule has 9 nitrogen and oxygen atoms in total. The Morgan fingerprint density at radius 2 is 1.84 bits per heavy atom. The van der Waals surface area contributed by atoms with Crippen LogP contribution in [-0.4, -0.2) is 72.3 Å². The van der Waals surface area contributed by atoms with E-state index in [-0.39, 0.29) is 24.0 Å². The molecule has 0 bridgehead atoms. The Bertz CT molecular complexity index is 773. The molecule has 2 aromatic rings. The highest BCUT2D eigenvalue weighted by Crippen LogP contribution is 2.22. The van der Waals surface area contributed by atoms with E-state index in [9.17, 15) is 0 Å². The van der Waals surface area contributed by atoms with Crippen LogP contribution >= 0.6 is 24.0 Å². The van der Waals surface area contributed by atoms with Crippen LogP contribution in [0.4, 0.5) is 5.95 Å². The van der Waals surface area contributed by atoms with Gasteiger partial charge < -0.3 is 20.1 Å². The van der Waals surface area contributed by atoms with Crippen LogP contribution in [0.15, 0.2) is 34.0 Å². The third-order valence-corrected chi connectivity index (χ3v) is 5.56. The molecule has 1 fully saturated rings. The van der Waals surface area contributed by atoms with E-state index in [2.05, 4.69) is 54.4 Å². The number of guanidine groups is 1. The van der Waals surface area contributed by atoms with Crippen molar-refractivity contribution >= 4 is 35.9 Å². The average Bonchev–Trinajstić information content (AvgIpc) is 3.27. The monoisotopic (exact) mass is 542 g/mol. The summed E-state index contributed by atoms with van der Waals surface area (Å²) in [6, 6.07) is 3.90. The van der Waals surface area contributed by atoms with Crippen molar-refractivity contribution in [2.45, 2.75) is 39.2 Å². The molecule has 1 saturated heterocycles. The van der Waals surface area contributed by atoms with E-state index in [0.717, 1.165) is 75.5 Å². The number of aliphatic imine (C=N–C) groups is 1. The predicted octanol–water partition coefficient (Wildman–Crippen LogP) is 2.47. The first-order valence-corrected chi connectivity index (χ1v) is 10.9. The number of anilines is 1. The zero-order valence-corrected chi connectivity index (χ0v) is 21.1. The summed E-state index contributed by atoms with van der Waals surface area (Å²) >= 11 is 0.